The predicted octanol–water partition coefficient (Wildman–Crippen LogP) is 4.02. The van der Waals surface area contributed by atoms with E-state index in [1.807, 2.05) is 0 Å². The van der Waals surface area contributed by atoms with E-state index in [0.29, 0.717) is 17.0 Å². The maximum absolute atomic E-state index is 13.9. The summed E-state index contributed by atoms with van der Waals surface area (Å²) in [4.78, 5) is 15.9. The van der Waals surface area contributed by atoms with Crippen molar-refractivity contribution in [3.05, 3.63) is 57.5 Å². The lowest BCUT2D eigenvalue weighted by molar-refractivity contribution is -0.110. The van der Waals surface area contributed by atoms with Crippen molar-refractivity contribution in [3.8, 4) is 0 Å². The first-order valence-electron chi connectivity index (χ1n) is 5.70. The lowest BCUT2D eigenvalue weighted by Crippen LogP contribution is -2.04. The molecule has 6 heteroatoms. The molecule has 0 aliphatic carbocycles. The van der Waals surface area contributed by atoms with Crippen LogP contribution < -0.4 is 5.32 Å². The zero-order valence-corrected chi connectivity index (χ0v) is 11.5. The number of halogens is 3. The minimum absolute atomic E-state index is 0.00668. The fraction of sp³-hybridized carbons (Fsp3) is 0. The number of benzene rings is 1. The first-order valence-corrected chi connectivity index (χ1v) is 6.46. The highest BCUT2D eigenvalue weighted by Gasteiger charge is 2.25. The lowest BCUT2D eigenvalue weighted by Gasteiger charge is -2.01. The minimum atomic E-state index is -0.565. The summed E-state index contributed by atoms with van der Waals surface area (Å²) in [7, 11) is 0. The number of nitrogens with zero attached hydrogens (tertiary/aromatic N) is 1. The number of nitrogens with one attached hydrogen (secondary N) is 1. The number of amides is 1. The van der Waals surface area contributed by atoms with Crippen LogP contribution in [0.2, 0.25) is 10.2 Å². The summed E-state index contributed by atoms with van der Waals surface area (Å²) < 4.78 is 13.9. The van der Waals surface area contributed by atoms with Crippen LogP contribution in [0.1, 0.15) is 11.1 Å². The summed E-state index contributed by atoms with van der Waals surface area (Å²) in [6, 6.07) is 7.84. The lowest BCUT2D eigenvalue weighted by atomic mass is 10.1. The first-order chi connectivity index (χ1) is 9.56. The molecule has 1 aliphatic rings. The number of pyridine rings is 1. The fourth-order valence-corrected chi connectivity index (χ4v) is 2.31. The van der Waals surface area contributed by atoms with Crippen molar-refractivity contribution in [1.82, 2.24) is 4.98 Å². The Hall–Kier alpha value is -1.91. The van der Waals surface area contributed by atoms with E-state index in [0.717, 1.165) is 0 Å². The van der Waals surface area contributed by atoms with Gasteiger partial charge in [-0.1, -0.05) is 35.3 Å². The Morgan fingerprint density at radius 2 is 2.00 bits per heavy atom. The standard InChI is InChI=1S/C14H7Cl2FN2O/c15-10-3-1-2-7(12(10)17)6-9-8-4-5-11(16)18-13(8)19-14(9)20/h1-6H,(H,18,19,20)/b9-6-. The second-order valence-corrected chi connectivity index (χ2v) is 4.98. The summed E-state index contributed by atoms with van der Waals surface area (Å²) in [6.45, 7) is 0. The van der Waals surface area contributed by atoms with Crippen LogP contribution in [0.15, 0.2) is 30.3 Å². The van der Waals surface area contributed by atoms with Crippen molar-refractivity contribution in [2.75, 3.05) is 5.32 Å². The third kappa shape index (κ3) is 2.17. The Bertz CT molecular complexity index is 759. The first kappa shape index (κ1) is 13.1. The van der Waals surface area contributed by atoms with Crippen LogP contribution in [0.4, 0.5) is 10.2 Å². The van der Waals surface area contributed by atoms with Gasteiger partial charge in [-0.3, -0.25) is 4.79 Å². The van der Waals surface area contributed by atoms with Crippen molar-refractivity contribution in [2.45, 2.75) is 0 Å². The summed E-state index contributed by atoms with van der Waals surface area (Å²) in [5.74, 6) is -0.546. The Labute approximate surface area is 124 Å². The van der Waals surface area contributed by atoms with Gasteiger partial charge < -0.3 is 5.32 Å². The van der Waals surface area contributed by atoms with Gasteiger partial charge in [-0.25, -0.2) is 9.37 Å². The molecule has 3 rings (SSSR count). The Balaban J connectivity index is 2.14. The van der Waals surface area contributed by atoms with Gasteiger partial charge in [0.25, 0.3) is 5.91 Å². The minimum Gasteiger partial charge on any atom is -0.306 e. The maximum atomic E-state index is 13.9. The van der Waals surface area contributed by atoms with Gasteiger partial charge in [0.2, 0.25) is 0 Å². The van der Waals surface area contributed by atoms with Crippen LogP contribution in [-0.4, -0.2) is 10.9 Å². The molecular weight excluding hydrogens is 302 g/mol. The molecule has 0 atom stereocenters. The molecule has 1 aliphatic heterocycles. The number of carbonyl (C=O) groups excluding carboxylic acids is 1. The van der Waals surface area contributed by atoms with Crippen molar-refractivity contribution in [3.63, 3.8) is 0 Å². The molecule has 1 aromatic heterocycles. The molecule has 2 aromatic rings. The highest BCUT2D eigenvalue weighted by Crippen LogP contribution is 2.33. The molecule has 1 N–H and O–H groups in total. The molecule has 0 bridgehead atoms. The van der Waals surface area contributed by atoms with Gasteiger partial charge in [0.05, 0.1) is 10.6 Å². The smallest absolute Gasteiger partial charge is 0.257 e. The molecule has 100 valence electrons. The van der Waals surface area contributed by atoms with Crippen molar-refractivity contribution in [2.24, 2.45) is 0 Å². The van der Waals surface area contributed by atoms with E-state index in [9.17, 15) is 9.18 Å². The van der Waals surface area contributed by atoms with E-state index < -0.39 is 5.82 Å². The van der Waals surface area contributed by atoms with Gasteiger partial charge in [0.15, 0.2) is 0 Å². The maximum Gasteiger partial charge on any atom is 0.257 e. The van der Waals surface area contributed by atoms with E-state index in [4.69, 9.17) is 23.2 Å². The quantitative estimate of drug-likeness (QED) is 0.638. The molecule has 0 radical (unpaired) electrons. The van der Waals surface area contributed by atoms with E-state index >= 15 is 0 Å². The number of hydrogen-bond acceptors (Lipinski definition) is 2. The summed E-state index contributed by atoms with van der Waals surface area (Å²) in [5, 5.41) is 2.87. The van der Waals surface area contributed by atoms with Crippen LogP contribution in [0, 0.1) is 5.82 Å². The number of fused-ring (bicyclic) bond motifs is 1. The third-order valence-electron chi connectivity index (χ3n) is 2.91. The molecule has 20 heavy (non-hydrogen) atoms. The topological polar surface area (TPSA) is 42.0 Å². The van der Waals surface area contributed by atoms with E-state index in [1.54, 1.807) is 24.3 Å². The predicted molar refractivity (Wildman–Crippen MR) is 77.2 cm³/mol. The third-order valence-corrected chi connectivity index (χ3v) is 3.41. The van der Waals surface area contributed by atoms with E-state index in [2.05, 4.69) is 10.3 Å². The second-order valence-electron chi connectivity index (χ2n) is 4.19. The largest absolute Gasteiger partial charge is 0.306 e. The van der Waals surface area contributed by atoms with Gasteiger partial charge in [-0.2, -0.15) is 0 Å². The molecule has 1 aromatic carbocycles. The van der Waals surface area contributed by atoms with Crippen molar-refractivity contribution >= 4 is 46.6 Å². The number of carbonyl (C=O) groups is 1. The summed E-state index contributed by atoms with van der Waals surface area (Å²) >= 11 is 11.5. The van der Waals surface area contributed by atoms with Crippen LogP contribution in [0.5, 0.6) is 0 Å². The number of hydrogen-bond donors (Lipinski definition) is 1. The Morgan fingerprint density at radius 1 is 1.20 bits per heavy atom. The fourth-order valence-electron chi connectivity index (χ4n) is 1.98. The Kier molecular flexibility index (Phi) is 3.20. The average Bonchev–Trinajstić information content (AvgIpc) is 2.70. The van der Waals surface area contributed by atoms with Crippen molar-refractivity contribution < 1.29 is 9.18 Å². The molecule has 1 amide bonds. The van der Waals surface area contributed by atoms with Crippen molar-refractivity contribution in [1.29, 1.82) is 0 Å². The van der Waals surface area contributed by atoms with Gasteiger partial charge in [-0.15, -0.1) is 0 Å². The number of aromatic nitrogens is 1. The normalized spacial score (nSPS) is 15.3. The van der Waals surface area contributed by atoms with Crippen LogP contribution in [0.25, 0.3) is 11.6 Å². The highest BCUT2D eigenvalue weighted by atomic mass is 35.5. The van der Waals surface area contributed by atoms with E-state index in [1.165, 1.54) is 12.1 Å². The summed E-state index contributed by atoms with van der Waals surface area (Å²) in [5.41, 5.74) is 1.15. The van der Waals surface area contributed by atoms with Crippen LogP contribution in [0.3, 0.4) is 0 Å². The molecule has 2 heterocycles. The average molecular weight is 309 g/mol. The van der Waals surface area contributed by atoms with E-state index in [-0.39, 0.29) is 21.6 Å². The van der Waals surface area contributed by atoms with Gasteiger partial charge in [-0.05, 0) is 24.3 Å². The number of anilines is 1. The zero-order valence-electron chi connectivity index (χ0n) is 9.95. The highest BCUT2D eigenvalue weighted by molar-refractivity contribution is 6.35. The molecule has 0 spiro atoms. The van der Waals surface area contributed by atoms with Crippen LogP contribution in [-0.2, 0) is 4.79 Å². The zero-order chi connectivity index (χ0) is 14.3. The van der Waals surface area contributed by atoms with Gasteiger partial charge in [0, 0.05) is 11.1 Å². The Morgan fingerprint density at radius 3 is 2.80 bits per heavy atom. The van der Waals surface area contributed by atoms with Gasteiger partial charge in [0.1, 0.15) is 16.8 Å². The second kappa shape index (κ2) is 4.89. The molecule has 0 fully saturated rings. The summed E-state index contributed by atoms with van der Waals surface area (Å²) in [6.07, 6.45) is 1.44. The molecular formula is C14H7Cl2FN2O. The monoisotopic (exact) mass is 308 g/mol. The SMILES string of the molecule is O=C1Nc2nc(Cl)ccc2/C1=C/c1cccc(Cl)c1F. The number of rotatable bonds is 1. The molecule has 0 unspecified atom stereocenters. The molecule has 3 nitrogen and oxygen atoms in total. The van der Waals surface area contributed by atoms with Crippen LogP contribution >= 0.6 is 23.2 Å². The molecule has 0 saturated carbocycles. The van der Waals surface area contributed by atoms with Gasteiger partial charge >= 0.3 is 0 Å². The molecule has 0 saturated heterocycles.